The zero-order valence-electron chi connectivity index (χ0n) is 11.8. The predicted octanol–water partition coefficient (Wildman–Crippen LogP) is 0.955. The quantitative estimate of drug-likeness (QED) is 0.827. The lowest BCUT2D eigenvalue weighted by Crippen LogP contribution is -2.49. The Bertz CT molecular complexity index is 447. The first-order valence-corrected chi connectivity index (χ1v) is 7.21. The van der Waals surface area contributed by atoms with E-state index >= 15 is 0 Å². The topological polar surface area (TPSA) is 58.6 Å². The Hall–Kier alpha value is -1.21. The molecule has 1 fully saturated rings. The Balaban J connectivity index is 2.06. The van der Waals surface area contributed by atoms with Crippen LogP contribution in [0.15, 0.2) is 0 Å². The molecular formula is C12H20N4O2S. The summed E-state index contributed by atoms with van der Waals surface area (Å²) in [5, 5.41) is 10.3. The highest BCUT2D eigenvalue weighted by Gasteiger charge is 2.29. The minimum atomic E-state index is -0.407. The molecule has 0 saturated carbocycles. The van der Waals surface area contributed by atoms with Crippen molar-refractivity contribution in [2.75, 3.05) is 38.7 Å². The summed E-state index contributed by atoms with van der Waals surface area (Å²) < 4.78 is 5.53. The molecule has 19 heavy (non-hydrogen) atoms. The highest BCUT2D eigenvalue weighted by Crippen LogP contribution is 2.26. The fourth-order valence-corrected chi connectivity index (χ4v) is 2.73. The van der Waals surface area contributed by atoms with E-state index in [1.807, 2.05) is 0 Å². The van der Waals surface area contributed by atoms with Gasteiger partial charge in [-0.1, -0.05) is 25.2 Å². The number of anilines is 1. The molecule has 2 heterocycles. The molecule has 1 atom stereocenters. The molecule has 0 bridgehead atoms. The highest BCUT2D eigenvalue weighted by atomic mass is 32.1. The standard InChI is InChI=1S/C12H20N4O2S/c1-8(2)10-13-14-12(19-10)16-5-6-18-9(7-16)11(17)15(3)4/h8-9H,5-7H2,1-4H3/t9-/m0/s1. The number of carbonyl (C=O) groups is 1. The molecule has 1 saturated heterocycles. The first-order valence-electron chi connectivity index (χ1n) is 6.40. The number of aromatic nitrogens is 2. The maximum Gasteiger partial charge on any atom is 0.253 e. The number of hydrogen-bond donors (Lipinski definition) is 0. The number of likely N-dealkylation sites (N-methyl/N-ethyl adjacent to an activating group) is 1. The van der Waals surface area contributed by atoms with Gasteiger partial charge in [0.05, 0.1) is 13.2 Å². The average Bonchev–Trinajstić information content (AvgIpc) is 2.87. The minimum absolute atomic E-state index is 0.00158. The number of rotatable bonds is 3. The second kappa shape index (κ2) is 5.83. The molecule has 7 heteroatoms. The van der Waals surface area contributed by atoms with Gasteiger partial charge in [0.2, 0.25) is 5.13 Å². The van der Waals surface area contributed by atoms with E-state index in [9.17, 15) is 4.79 Å². The molecule has 0 radical (unpaired) electrons. The van der Waals surface area contributed by atoms with Crippen LogP contribution in [0.4, 0.5) is 5.13 Å². The molecule has 0 aromatic carbocycles. The van der Waals surface area contributed by atoms with Gasteiger partial charge in [-0.25, -0.2) is 0 Å². The van der Waals surface area contributed by atoms with Crippen LogP contribution in [0.1, 0.15) is 24.8 Å². The van der Waals surface area contributed by atoms with Crippen LogP contribution in [0.3, 0.4) is 0 Å². The molecule has 0 N–H and O–H groups in total. The Labute approximate surface area is 117 Å². The third-order valence-corrected chi connectivity index (χ3v) is 4.26. The summed E-state index contributed by atoms with van der Waals surface area (Å²) in [6.45, 7) is 6.04. The van der Waals surface area contributed by atoms with Gasteiger partial charge in [-0.05, 0) is 0 Å². The summed E-state index contributed by atoms with van der Waals surface area (Å²) >= 11 is 1.59. The fraction of sp³-hybridized carbons (Fsp3) is 0.750. The fourth-order valence-electron chi connectivity index (χ4n) is 1.85. The van der Waals surface area contributed by atoms with Crippen molar-refractivity contribution in [3.63, 3.8) is 0 Å². The normalized spacial score (nSPS) is 19.8. The van der Waals surface area contributed by atoms with E-state index in [1.54, 1.807) is 30.3 Å². The number of carbonyl (C=O) groups excluding carboxylic acids is 1. The number of hydrogen-bond acceptors (Lipinski definition) is 6. The van der Waals surface area contributed by atoms with E-state index in [4.69, 9.17) is 4.74 Å². The van der Waals surface area contributed by atoms with Crippen LogP contribution in [-0.2, 0) is 9.53 Å². The molecule has 1 aromatic heterocycles. The molecule has 1 amide bonds. The van der Waals surface area contributed by atoms with Crippen molar-refractivity contribution in [3.05, 3.63) is 5.01 Å². The maximum absolute atomic E-state index is 11.9. The van der Waals surface area contributed by atoms with E-state index in [-0.39, 0.29) is 5.91 Å². The van der Waals surface area contributed by atoms with Gasteiger partial charge in [-0.15, -0.1) is 10.2 Å². The molecule has 0 spiro atoms. The van der Waals surface area contributed by atoms with Crippen LogP contribution in [-0.4, -0.2) is 60.9 Å². The van der Waals surface area contributed by atoms with Crippen molar-refractivity contribution in [3.8, 4) is 0 Å². The van der Waals surface area contributed by atoms with Gasteiger partial charge in [0.1, 0.15) is 5.01 Å². The number of nitrogens with zero attached hydrogens (tertiary/aromatic N) is 4. The molecule has 1 aromatic rings. The molecular weight excluding hydrogens is 264 g/mol. The predicted molar refractivity (Wildman–Crippen MR) is 74.6 cm³/mol. The Morgan fingerprint density at radius 3 is 2.79 bits per heavy atom. The van der Waals surface area contributed by atoms with E-state index in [0.717, 1.165) is 16.7 Å². The lowest BCUT2D eigenvalue weighted by atomic mass is 10.2. The molecule has 0 aliphatic carbocycles. The van der Waals surface area contributed by atoms with Crippen LogP contribution in [0.25, 0.3) is 0 Å². The molecule has 2 rings (SSSR count). The molecule has 0 unspecified atom stereocenters. The first kappa shape index (κ1) is 14.2. The van der Waals surface area contributed by atoms with Crippen molar-refractivity contribution in [2.45, 2.75) is 25.9 Å². The summed E-state index contributed by atoms with van der Waals surface area (Å²) in [5.74, 6) is 0.379. The molecule has 6 nitrogen and oxygen atoms in total. The van der Waals surface area contributed by atoms with Crippen LogP contribution < -0.4 is 4.90 Å². The monoisotopic (exact) mass is 284 g/mol. The first-order chi connectivity index (χ1) is 8.99. The van der Waals surface area contributed by atoms with Crippen molar-refractivity contribution in [1.82, 2.24) is 15.1 Å². The summed E-state index contributed by atoms with van der Waals surface area (Å²) in [5.41, 5.74) is 0. The lowest BCUT2D eigenvalue weighted by Gasteiger charge is -2.32. The number of ether oxygens (including phenoxy) is 1. The molecule has 1 aliphatic heterocycles. The van der Waals surface area contributed by atoms with Crippen molar-refractivity contribution < 1.29 is 9.53 Å². The highest BCUT2D eigenvalue weighted by molar-refractivity contribution is 7.15. The van der Waals surface area contributed by atoms with Gasteiger partial charge < -0.3 is 14.5 Å². The van der Waals surface area contributed by atoms with Gasteiger partial charge in [-0.3, -0.25) is 4.79 Å². The number of amides is 1. The van der Waals surface area contributed by atoms with Crippen LogP contribution >= 0.6 is 11.3 Å². The van der Waals surface area contributed by atoms with E-state index < -0.39 is 6.10 Å². The SMILES string of the molecule is CC(C)c1nnc(N2CCO[C@H](C(=O)N(C)C)C2)s1. The van der Waals surface area contributed by atoms with E-state index in [0.29, 0.717) is 19.1 Å². The summed E-state index contributed by atoms with van der Waals surface area (Å²) in [6, 6.07) is 0. The van der Waals surface area contributed by atoms with Gasteiger partial charge in [0.15, 0.2) is 6.10 Å². The minimum Gasteiger partial charge on any atom is -0.365 e. The van der Waals surface area contributed by atoms with E-state index in [1.165, 1.54) is 0 Å². The van der Waals surface area contributed by atoms with Crippen LogP contribution in [0.2, 0.25) is 0 Å². The zero-order chi connectivity index (χ0) is 14.0. The maximum atomic E-state index is 11.9. The van der Waals surface area contributed by atoms with Crippen molar-refractivity contribution in [2.24, 2.45) is 0 Å². The third kappa shape index (κ3) is 3.22. The smallest absolute Gasteiger partial charge is 0.253 e. The largest absolute Gasteiger partial charge is 0.365 e. The third-order valence-electron chi connectivity index (χ3n) is 2.98. The van der Waals surface area contributed by atoms with Crippen molar-refractivity contribution in [1.29, 1.82) is 0 Å². The molecule has 1 aliphatic rings. The average molecular weight is 284 g/mol. The van der Waals surface area contributed by atoms with Gasteiger partial charge in [0, 0.05) is 26.6 Å². The van der Waals surface area contributed by atoms with Crippen molar-refractivity contribution >= 4 is 22.4 Å². The summed E-state index contributed by atoms with van der Waals surface area (Å²) in [4.78, 5) is 15.6. The zero-order valence-corrected chi connectivity index (χ0v) is 12.6. The lowest BCUT2D eigenvalue weighted by molar-refractivity contribution is -0.141. The Morgan fingerprint density at radius 1 is 1.47 bits per heavy atom. The van der Waals surface area contributed by atoms with Crippen LogP contribution in [0, 0.1) is 0 Å². The Kier molecular flexibility index (Phi) is 4.36. The second-order valence-corrected chi connectivity index (χ2v) is 6.10. The summed E-state index contributed by atoms with van der Waals surface area (Å²) in [6.07, 6.45) is -0.407. The van der Waals surface area contributed by atoms with Gasteiger partial charge in [-0.2, -0.15) is 0 Å². The number of morpholine rings is 1. The van der Waals surface area contributed by atoms with Gasteiger partial charge >= 0.3 is 0 Å². The van der Waals surface area contributed by atoms with Crippen LogP contribution in [0.5, 0.6) is 0 Å². The van der Waals surface area contributed by atoms with E-state index in [2.05, 4.69) is 28.9 Å². The Morgan fingerprint density at radius 2 is 2.21 bits per heavy atom. The summed E-state index contributed by atoms with van der Waals surface area (Å²) in [7, 11) is 3.49. The molecule has 106 valence electrons. The van der Waals surface area contributed by atoms with Gasteiger partial charge in [0.25, 0.3) is 5.91 Å². The second-order valence-electron chi connectivity index (χ2n) is 5.12.